The molecule has 0 aromatic heterocycles. The molecule has 2 aromatic rings. The van der Waals surface area contributed by atoms with Crippen molar-refractivity contribution in [2.24, 2.45) is 74.9 Å². The second-order valence-corrected chi connectivity index (χ2v) is 24.7. The van der Waals surface area contributed by atoms with Crippen molar-refractivity contribution >= 4 is 17.9 Å². The molecule has 0 bridgehead atoms. The Morgan fingerprint density at radius 2 is 1.16 bits per heavy atom. The van der Waals surface area contributed by atoms with E-state index in [1.54, 1.807) is 16.7 Å². The van der Waals surface area contributed by atoms with Crippen LogP contribution in [0.25, 0.3) is 0 Å². The molecule has 6 heteroatoms. The number of carbonyl (C=O) groups is 3. The molecule has 6 nitrogen and oxygen atoms in total. The van der Waals surface area contributed by atoms with Gasteiger partial charge in [-0.15, -0.1) is 0 Å². The largest absolute Gasteiger partial charge is 0.469 e. The van der Waals surface area contributed by atoms with Gasteiger partial charge in [0.15, 0.2) is 0 Å². The number of allylic oxidation sites excluding steroid dienone is 6. The van der Waals surface area contributed by atoms with Crippen LogP contribution < -0.4 is 0 Å². The summed E-state index contributed by atoms with van der Waals surface area (Å²) in [5, 5.41) is 0. The van der Waals surface area contributed by atoms with Gasteiger partial charge in [0.05, 0.1) is 18.2 Å². The van der Waals surface area contributed by atoms with E-state index in [-0.39, 0.29) is 40.9 Å². The molecule has 10 rings (SSSR count). The van der Waals surface area contributed by atoms with Crippen LogP contribution in [0.15, 0.2) is 95.6 Å². The van der Waals surface area contributed by atoms with Crippen LogP contribution in [0, 0.1) is 74.9 Å². The number of rotatable bonds is 11. The normalized spacial score (nSPS) is 38.2. The van der Waals surface area contributed by atoms with Crippen molar-refractivity contribution in [1.29, 1.82) is 0 Å². The lowest BCUT2D eigenvalue weighted by Crippen LogP contribution is -2.49. The van der Waals surface area contributed by atoms with Crippen molar-refractivity contribution in [1.82, 2.24) is 0 Å². The number of hydrogen-bond acceptors (Lipinski definition) is 6. The predicted octanol–water partition coefficient (Wildman–Crippen LogP) is 15.5. The first-order chi connectivity index (χ1) is 33.1. The Balaban J connectivity index is 0.000000172. The Kier molecular flexibility index (Phi) is 14.7. The summed E-state index contributed by atoms with van der Waals surface area (Å²) in [5.74, 6) is 5.97. The summed E-state index contributed by atoms with van der Waals surface area (Å²) >= 11 is 0. The number of ether oxygens (including phenoxy) is 3. The lowest BCUT2D eigenvalue weighted by Gasteiger charge is -2.57. The molecule has 0 N–H and O–H groups in total. The maximum atomic E-state index is 12.7. The molecule has 374 valence electrons. The molecule has 69 heavy (non-hydrogen) atoms. The van der Waals surface area contributed by atoms with E-state index in [1.165, 1.54) is 71.3 Å². The third-order valence-corrected chi connectivity index (χ3v) is 21.2. The van der Waals surface area contributed by atoms with E-state index in [0.29, 0.717) is 58.0 Å². The van der Waals surface area contributed by atoms with E-state index in [2.05, 4.69) is 66.7 Å². The van der Waals surface area contributed by atoms with E-state index in [4.69, 9.17) is 14.2 Å². The summed E-state index contributed by atoms with van der Waals surface area (Å²) in [5.41, 5.74) is 7.64. The van der Waals surface area contributed by atoms with E-state index < -0.39 is 0 Å². The van der Waals surface area contributed by atoms with Crippen LogP contribution in [0.3, 0.4) is 0 Å². The fourth-order valence-corrected chi connectivity index (χ4v) is 17.4. The highest BCUT2D eigenvalue weighted by Gasteiger charge is 2.59. The van der Waals surface area contributed by atoms with Crippen molar-refractivity contribution in [3.8, 4) is 0 Å². The van der Waals surface area contributed by atoms with Crippen molar-refractivity contribution in [3.63, 3.8) is 0 Å². The molecule has 15 atom stereocenters. The highest BCUT2D eigenvalue weighted by Crippen LogP contribution is 2.68. The quantitative estimate of drug-likeness (QED) is 0.127. The summed E-state index contributed by atoms with van der Waals surface area (Å²) in [4.78, 5) is 37.0. The van der Waals surface area contributed by atoms with Gasteiger partial charge in [-0.05, 0) is 202 Å². The van der Waals surface area contributed by atoms with Crippen molar-refractivity contribution in [2.75, 3.05) is 7.11 Å². The maximum Gasteiger partial charge on any atom is 0.338 e. The van der Waals surface area contributed by atoms with Crippen LogP contribution in [0.1, 0.15) is 191 Å². The second kappa shape index (κ2) is 20.3. The highest BCUT2D eigenvalue weighted by molar-refractivity contribution is 5.90. The fraction of sp³-hybridized carbons (Fsp3) is 0.667. The van der Waals surface area contributed by atoms with Crippen LogP contribution >= 0.6 is 0 Å². The summed E-state index contributed by atoms with van der Waals surface area (Å²) in [7, 11) is 1.48. The van der Waals surface area contributed by atoms with Gasteiger partial charge in [0.25, 0.3) is 0 Å². The van der Waals surface area contributed by atoms with Crippen LogP contribution in [-0.4, -0.2) is 37.2 Å². The number of esters is 3. The molecule has 0 heterocycles. The molecule has 0 spiro atoms. The Hall–Kier alpha value is -3.93. The van der Waals surface area contributed by atoms with Crippen molar-refractivity contribution in [2.45, 2.75) is 183 Å². The van der Waals surface area contributed by atoms with Crippen molar-refractivity contribution in [3.05, 3.63) is 107 Å². The molecule has 5 saturated carbocycles. The minimum absolute atomic E-state index is 0.0252. The highest BCUT2D eigenvalue weighted by atomic mass is 16.5. The molecular weight excluding hydrogens is 853 g/mol. The van der Waals surface area contributed by atoms with Gasteiger partial charge in [-0.2, -0.15) is 0 Å². The van der Waals surface area contributed by atoms with Crippen LogP contribution in [0.4, 0.5) is 0 Å². The zero-order chi connectivity index (χ0) is 48.7. The Morgan fingerprint density at radius 1 is 0.623 bits per heavy atom. The lowest BCUT2D eigenvalue weighted by molar-refractivity contribution is -0.140. The SMILES string of the molecule is CCC[C@@H](C)C1CC[C@H]2[C@@H]3CC[C@@H]4C[C@H](OC(=O)c5ccccc5)CC[C@]4(C)C3=CC[C@]12C.COC(=O)CC[C@@H](C)C1=CC[C@H]2[C@@H]3CC[C@@H]4C[C@H](OC(=O)c5ccccc5)CC[C@]4(C)C3=CC[C@]12C. The lowest BCUT2D eigenvalue weighted by atomic mass is 9.48. The minimum atomic E-state index is -0.184. The van der Waals surface area contributed by atoms with Gasteiger partial charge in [-0.3, -0.25) is 4.79 Å². The van der Waals surface area contributed by atoms with Gasteiger partial charge in [0.1, 0.15) is 12.2 Å². The molecular formula is C63H86O6. The molecule has 0 saturated heterocycles. The summed E-state index contributed by atoms with van der Waals surface area (Å²) < 4.78 is 16.9. The molecule has 0 amide bonds. The Morgan fingerprint density at radius 3 is 1.70 bits per heavy atom. The van der Waals surface area contributed by atoms with Gasteiger partial charge < -0.3 is 14.2 Å². The van der Waals surface area contributed by atoms with Gasteiger partial charge in [0, 0.05) is 6.42 Å². The molecule has 1 unspecified atom stereocenters. The molecule has 2 aromatic carbocycles. The van der Waals surface area contributed by atoms with E-state index in [9.17, 15) is 14.4 Å². The average molecular weight is 939 g/mol. The minimum Gasteiger partial charge on any atom is -0.469 e. The maximum absolute atomic E-state index is 12.7. The first kappa shape index (κ1) is 50.0. The van der Waals surface area contributed by atoms with Crippen LogP contribution in [0.2, 0.25) is 0 Å². The fourth-order valence-electron chi connectivity index (χ4n) is 17.4. The van der Waals surface area contributed by atoms with Gasteiger partial charge in [-0.25, -0.2) is 9.59 Å². The zero-order valence-corrected chi connectivity index (χ0v) is 43.7. The van der Waals surface area contributed by atoms with Crippen LogP contribution in [0.5, 0.6) is 0 Å². The third kappa shape index (κ3) is 9.40. The summed E-state index contributed by atoms with van der Waals surface area (Å²) in [6.45, 7) is 17.3. The number of carbonyl (C=O) groups excluding carboxylic acids is 3. The second-order valence-electron chi connectivity index (χ2n) is 24.7. The Bertz CT molecular complexity index is 2260. The van der Waals surface area contributed by atoms with Gasteiger partial charge in [-0.1, -0.05) is 133 Å². The first-order valence-corrected chi connectivity index (χ1v) is 27.8. The summed E-state index contributed by atoms with van der Waals surface area (Å²) in [6, 6.07) is 18.9. The standard InChI is InChI=1S/C32H42O4.C31H44O2/c1-21(10-15-29(33)35-4)26-13-14-27-25-12-11-23-20-24(36-30(34)22-8-6-5-7-9-22)16-18-31(23,2)28(25)17-19-32(26,27)3;1-5-9-21(2)26-14-15-27-25-13-12-23-20-24(33-29(32)22-10-7-6-8-11-22)16-18-30(23,3)28(25)17-19-31(26,27)4/h5-9,13,17,21,23-25,27H,10-12,14-16,18-20H2,1-4H3;6-8,10-11,17,21,23-27H,5,9,12-16,18-20H2,1-4H3/t21-,23-,24-,25+,27+,31+,32-;21-,23-,24-,25+,26?,27+,30+,31-/m11/s1. The zero-order valence-electron chi connectivity index (χ0n) is 43.7. The van der Waals surface area contributed by atoms with E-state index in [0.717, 1.165) is 75.0 Å². The van der Waals surface area contributed by atoms with Crippen molar-refractivity contribution < 1.29 is 28.6 Å². The topological polar surface area (TPSA) is 78.9 Å². The number of methoxy groups -OCH3 is 1. The van der Waals surface area contributed by atoms with Gasteiger partial charge >= 0.3 is 17.9 Å². The van der Waals surface area contributed by atoms with Crippen LogP contribution in [-0.2, 0) is 19.0 Å². The molecule has 8 aliphatic rings. The Labute approximate surface area is 416 Å². The van der Waals surface area contributed by atoms with E-state index >= 15 is 0 Å². The monoisotopic (exact) mass is 939 g/mol. The smallest absolute Gasteiger partial charge is 0.338 e. The predicted molar refractivity (Wildman–Crippen MR) is 276 cm³/mol. The third-order valence-electron chi connectivity index (χ3n) is 21.2. The molecule has 0 radical (unpaired) electrons. The first-order valence-electron chi connectivity index (χ1n) is 27.8. The van der Waals surface area contributed by atoms with E-state index in [1.807, 2.05) is 60.7 Å². The average Bonchev–Trinajstić information content (AvgIpc) is 3.91. The molecule has 5 fully saturated rings. The number of fused-ring (bicyclic) bond motifs is 10. The summed E-state index contributed by atoms with van der Waals surface area (Å²) in [6.07, 6.45) is 29.8. The molecule has 0 aliphatic heterocycles. The molecule has 8 aliphatic carbocycles. The van der Waals surface area contributed by atoms with Gasteiger partial charge in [0.2, 0.25) is 0 Å². The number of benzene rings is 2. The number of hydrogen-bond donors (Lipinski definition) is 0.